The summed E-state index contributed by atoms with van der Waals surface area (Å²) in [6.07, 6.45) is 13.3. The number of benzene rings is 2. The monoisotopic (exact) mass is 451 g/mol. The molecule has 0 heterocycles. The second kappa shape index (κ2) is 13.0. The van der Waals surface area contributed by atoms with Crippen LogP contribution in [0.3, 0.4) is 0 Å². The number of carbonyl (C=O) groups is 1. The molecular formula is C28H34FNO3. The van der Waals surface area contributed by atoms with Gasteiger partial charge < -0.3 is 9.47 Å². The van der Waals surface area contributed by atoms with Crippen molar-refractivity contribution in [2.45, 2.75) is 71.1 Å². The predicted molar refractivity (Wildman–Crippen MR) is 127 cm³/mol. The Labute approximate surface area is 196 Å². The van der Waals surface area contributed by atoms with Gasteiger partial charge in [0.05, 0.1) is 17.7 Å². The minimum absolute atomic E-state index is 0.0633. The molecule has 3 rings (SSSR count). The first-order valence-electron chi connectivity index (χ1n) is 12.2. The van der Waals surface area contributed by atoms with Crippen LogP contribution in [0.4, 0.5) is 4.39 Å². The first-order chi connectivity index (χ1) is 16.1. The van der Waals surface area contributed by atoms with E-state index in [1.807, 2.05) is 0 Å². The number of rotatable bonds is 11. The number of esters is 1. The maximum absolute atomic E-state index is 13.7. The van der Waals surface area contributed by atoms with Gasteiger partial charge in [0.25, 0.3) is 0 Å². The Balaban J connectivity index is 1.38. The Bertz CT molecular complexity index is 927. The quantitative estimate of drug-likeness (QED) is 0.202. The molecule has 0 saturated heterocycles. The summed E-state index contributed by atoms with van der Waals surface area (Å²) in [5, 5.41) is 8.78. The Morgan fingerprint density at radius 1 is 0.970 bits per heavy atom. The second-order valence-corrected chi connectivity index (χ2v) is 9.07. The number of halogens is 1. The SMILES string of the molecule is CCCCCCC[C@H]1CC[C@H](COc2ccc(C(=O)Oc3ccc(C#N)c(F)c3)cc2)CC1. The number of unbranched alkanes of at least 4 members (excludes halogenated alkanes) is 4. The zero-order chi connectivity index (χ0) is 23.5. The highest BCUT2D eigenvalue weighted by Gasteiger charge is 2.21. The fraction of sp³-hybridized carbons (Fsp3) is 0.500. The number of carbonyl (C=O) groups excluding carboxylic acids is 1. The fourth-order valence-corrected chi connectivity index (χ4v) is 4.44. The van der Waals surface area contributed by atoms with Crippen LogP contribution in [-0.2, 0) is 0 Å². The van der Waals surface area contributed by atoms with E-state index < -0.39 is 11.8 Å². The molecule has 4 nitrogen and oxygen atoms in total. The summed E-state index contributed by atoms with van der Waals surface area (Å²) >= 11 is 0. The van der Waals surface area contributed by atoms with Gasteiger partial charge in [-0.1, -0.05) is 58.3 Å². The van der Waals surface area contributed by atoms with Gasteiger partial charge in [0.1, 0.15) is 23.4 Å². The van der Waals surface area contributed by atoms with Crippen LogP contribution in [0.25, 0.3) is 0 Å². The van der Waals surface area contributed by atoms with E-state index in [0.717, 1.165) is 17.7 Å². The van der Waals surface area contributed by atoms with Crippen molar-refractivity contribution >= 4 is 5.97 Å². The van der Waals surface area contributed by atoms with E-state index >= 15 is 0 Å². The van der Waals surface area contributed by atoms with Crippen molar-refractivity contribution in [3.63, 3.8) is 0 Å². The molecule has 0 aliphatic heterocycles. The van der Waals surface area contributed by atoms with Gasteiger partial charge in [0.15, 0.2) is 0 Å². The molecule has 1 aliphatic rings. The number of ether oxygens (including phenoxy) is 2. The van der Waals surface area contributed by atoms with Gasteiger partial charge in [-0.05, 0) is 61.1 Å². The van der Waals surface area contributed by atoms with Crippen molar-refractivity contribution in [3.8, 4) is 17.6 Å². The Morgan fingerprint density at radius 2 is 1.64 bits per heavy atom. The predicted octanol–water partition coefficient (Wildman–Crippen LogP) is 7.46. The molecular weight excluding hydrogens is 417 g/mol. The second-order valence-electron chi connectivity index (χ2n) is 9.07. The van der Waals surface area contributed by atoms with E-state index in [1.54, 1.807) is 30.3 Å². The molecule has 0 atom stereocenters. The van der Waals surface area contributed by atoms with Crippen molar-refractivity contribution in [3.05, 3.63) is 59.4 Å². The van der Waals surface area contributed by atoms with E-state index in [9.17, 15) is 9.18 Å². The van der Waals surface area contributed by atoms with Crippen LogP contribution in [0.2, 0.25) is 0 Å². The number of hydrogen-bond donors (Lipinski definition) is 0. The third-order valence-corrected chi connectivity index (χ3v) is 6.53. The van der Waals surface area contributed by atoms with Crippen LogP contribution >= 0.6 is 0 Å². The standard InChI is InChI=1S/C28H34FNO3/c1-2-3-4-5-6-7-21-8-10-22(11-9-21)20-32-25-15-12-23(13-16-25)28(31)33-26-17-14-24(19-30)27(29)18-26/h12-18,21-22H,2-11,20H2,1H3/t21-,22-. The summed E-state index contributed by atoms with van der Waals surface area (Å²) in [4.78, 5) is 12.3. The van der Waals surface area contributed by atoms with Crippen molar-refractivity contribution in [1.29, 1.82) is 5.26 Å². The smallest absolute Gasteiger partial charge is 0.343 e. The van der Waals surface area contributed by atoms with Gasteiger partial charge in [-0.2, -0.15) is 5.26 Å². The van der Waals surface area contributed by atoms with Gasteiger partial charge in [-0.3, -0.25) is 0 Å². The van der Waals surface area contributed by atoms with Crippen LogP contribution in [0.15, 0.2) is 42.5 Å². The maximum Gasteiger partial charge on any atom is 0.343 e. The summed E-state index contributed by atoms with van der Waals surface area (Å²) in [6, 6.07) is 12.3. The molecule has 5 heteroatoms. The van der Waals surface area contributed by atoms with Crippen LogP contribution < -0.4 is 9.47 Å². The summed E-state index contributed by atoms with van der Waals surface area (Å²) in [6.45, 7) is 2.96. The largest absolute Gasteiger partial charge is 0.493 e. The first-order valence-corrected chi connectivity index (χ1v) is 12.2. The zero-order valence-corrected chi connectivity index (χ0v) is 19.5. The van der Waals surface area contributed by atoms with Crippen LogP contribution in [0.5, 0.6) is 11.5 Å². The van der Waals surface area contributed by atoms with Crippen molar-refractivity contribution < 1.29 is 18.7 Å². The third kappa shape index (κ3) is 7.89. The summed E-state index contributed by atoms with van der Waals surface area (Å²) in [7, 11) is 0. The molecule has 0 spiro atoms. The lowest BCUT2D eigenvalue weighted by atomic mass is 9.80. The number of hydrogen-bond acceptors (Lipinski definition) is 4. The summed E-state index contributed by atoms with van der Waals surface area (Å²) in [5.41, 5.74) is 0.263. The minimum Gasteiger partial charge on any atom is -0.493 e. The molecule has 0 radical (unpaired) electrons. The summed E-state index contributed by atoms with van der Waals surface area (Å²) in [5.74, 6) is 0.976. The van der Waals surface area contributed by atoms with E-state index in [4.69, 9.17) is 14.7 Å². The van der Waals surface area contributed by atoms with E-state index in [0.29, 0.717) is 18.1 Å². The molecule has 1 aliphatic carbocycles. The molecule has 0 amide bonds. The lowest BCUT2D eigenvalue weighted by molar-refractivity contribution is 0.0734. The van der Waals surface area contributed by atoms with Crippen LogP contribution in [-0.4, -0.2) is 12.6 Å². The number of nitriles is 1. The minimum atomic E-state index is -0.715. The van der Waals surface area contributed by atoms with Gasteiger partial charge in [0, 0.05) is 6.07 Å². The average Bonchev–Trinajstić information content (AvgIpc) is 2.84. The average molecular weight is 452 g/mol. The van der Waals surface area contributed by atoms with Gasteiger partial charge >= 0.3 is 5.97 Å². The Hall–Kier alpha value is -2.87. The topological polar surface area (TPSA) is 59.3 Å². The zero-order valence-electron chi connectivity index (χ0n) is 19.5. The molecule has 176 valence electrons. The van der Waals surface area contributed by atoms with Gasteiger partial charge in [0.2, 0.25) is 0 Å². The molecule has 0 N–H and O–H groups in total. The fourth-order valence-electron chi connectivity index (χ4n) is 4.44. The van der Waals surface area contributed by atoms with Crippen LogP contribution in [0.1, 0.15) is 87.1 Å². The van der Waals surface area contributed by atoms with Crippen molar-refractivity contribution in [1.82, 2.24) is 0 Å². The highest BCUT2D eigenvalue weighted by atomic mass is 19.1. The first kappa shape index (κ1) is 24.8. The van der Waals surface area contributed by atoms with E-state index in [-0.39, 0.29) is 11.3 Å². The Morgan fingerprint density at radius 3 is 2.30 bits per heavy atom. The highest BCUT2D eigenvalue weighted by molar-refractivity contribution is 5.91. The molecule has 0 bridgehead atoms. The van der Waals surface area contributed by atoms with E-state index in [1.165, 1.54) is 76.3 Å². The van der Waals surface area contributed by atoms with Crippen LogP contribution in [0, 0.1) is 29.0 Å². The molecule has 0 aromatic heterocycles. The molecule has 1 fully saturated rings. The van der Waals surface area contributed by atoms with Crippen molar-refractivity contribution in [2.75, 3.05) is 6.61 Å². The Kier molecular flexibility index (Phi) is 9.75. The highest BCUT2D eigenvalue weighted by Crippen LogP contribution is 2.32. The maximum atomic E-state index is 13.7. The summed E-state index contributed by atoms with van der Waals surface area (Å²) < 4.78 is 24.9. The third-order valence-electron chi connectivity index (χ3n) is 6.53. The van der Waals surface area contributed by atoms with Gasteiger partial charge in [-0.15, -0.1) is 0 Å². The number of nitrogens with zero attached hydrogens (tertiary/aromatic N) is 1. The van der Waals surface area contributed by atoms with Gasteiger partial charge in [-0.25, -0.2) is 9.18 Å². The van der Waals surface area contributed by atoms with E-state index in [2.05, 4.69) is 6.92 Å². The molecule has 1 saturated carbocycles. The lowest BCUT2D eigenvalue weighted by Crippen LogP contribution is -2.20. The molecule has 0 unspecified atom stereocenters. The molecule has 2 aromatic carbocycles. The lowest BCUT2D eigenvalue weighted by Gasteiger charge is -2.28. The normalized spacial score (nSPS) is 17.8. The molecule has 2 aromatic rings. The van der Waals surface area contributed by atoms with Crippen molar-refractivity contribution in [2.24, 2.45) is 11.8 Å². The molecule has 33 heavy (non-hydrogen) atoms.